The second-order valence-electron chi connectivity index (χ2n) is 10.3. The number of rotatable bonds is 13. The van der Waals surface area contributed by atoms with Gasteiger partial charge in [-0.1, -0.05) is 12.1 Å². The van der Waals surface area contributed by atoms with Gasteiger partial charge >= 0.3 is 15.6 Å². The number of ether oxygens (including phenoxy) is 3. The van der Waals surface area contributed by atoms with Gasteiger partial charge in [0.25, 0.3) is 0 Å². The van der Waals surface area contributed by atoms with Gasteiger partial charge in [-0.05, 0) is 48.2 Å². The monoisotopic (exact) mass is 616 g/mol. The number of hydrogen-bond acceptors (Lipinski definition) is 9. The minimum atomic E-state index is -5.89. The lowest BCUT2D eigenvalue weighted by molar-refractivity contribution is -0.139. The first-order valence-electron chi connectivity index (χ1n) is 13.5. The van der Waals surface area contributed by atoms with Crippen LogP contribution in [-0.4, -0.2) is 82.5 Å². The summed E-state index contributed by atoms with van der Waals surface area (Å²) in [6.07, 6.45) is 1.25. The highest BCUT2D eigenvalue weighted by Gasteiger charge is 2.49. The zero-order chi connectivity index (χ0) is 30.5. The number of amides is 1. The van der Waals surface area contributed by atoms with Crippen molar-refractivity contribution in [3.63, 3.8) is 0 Å². The number of halogens is 3. The largest absolute Gasteiger partial charge is 0.534 e. The van der Waals surface area contributed by atoms with Crippen LogP contribution in [0.2, 0.25) is 0 Å². The molecule has 1 aliphatic heterocycles. The molecular weight excluding hydrogens is 581 g/mol. The first-order chi connectivity index (χ1) is 19.9. The van der Waals surface area contributed by atoms with Crippen LogP contribution in [0.25, 0.3) is 0 Å². The SMILES string of the molecule is COCCCOc1cc(CN(C(=O)[C@H]2CNC[C@@H](O)[C@@H]2c2cccc(OS(=O)(=O)C(F)(F)F)c2)C2CC2)cc(OC)c1. The molecule has 4 rings (SSSR count). The van der Waals surface area contributed by atoms with Crippen LogP contribution in [-0.2, 0) is 26.2 Å². The van der Waals surface area contributed by atoms with Gasteiger partial charge in [-0.25, -0.2) is 0 Å². The third kappa shape index (κ3) is 7.85. The molecular formula is C28H35F3N2O8S. The number of carbonyl (C=O) groups excluding carboxylic acids is 1. The van der Waals surface area contributed by atoms with Crippen LogP contribution in [0.3, 0.4) is 0 Å². The average molecular weight is 617 g/mol. The molecule has 2 N–H and O–H groups in total. The van der Waals surface area contributed by atoms with Crippen molar-refractivity contribution < 1.29 is 49.9 Å². The minimum Gasteiger partial charge on any atom is -0.497 e. The fourth-order valence-corrected chi connectivity index (χ4v) is 5.50. The van der Waals surface area contributed by atoms with Gasteiger partial charge in [-0.2, -0.15) is 21.6 Å². The Morgan fingerprint density at radius 2 is 1.79 bits per heavy atom. The number of piperidine rings is 1. The molecule has 10 nitrogen and oxygen atoms in total. The minimum absolute atomic E-state index is 0.0129. The molecule has 42 heavy (non-hydrogen) atoms. The Hall–Kier alpha value is -3.07. The van der Waals surface area contributed by atoms with Gasteiger partial charge in [0.2, 0.25) is 5.91 Å². The molecule has 232 valence electrons. The van der Waals surface area contributed by atoms with Gasteiger partial charge in [-0.15, -0.1) is 0 Å². The normalized spacial score (nSPS) is 21.0. The molecule has 14 heteroatoms. The third-order valence-electron chi connectivity index (χ3n) is 7.18. The van der Waals surface area contributed by atoms with E-state index in [-0.39, 0.29) is 31.6 Å². The molecule has 0 aromatic heterocycles. The van der Waals surface area contributed by atoms with E-state index in [0.29, 0.717) is 36.7 Å². The van der Waals surface area contributed by atoms with Crippen molar-refractivity contribution >= 4 is 16.0 Å². The van der Waals surface area contributed by atoms with Crippen LogP contribution in [0.4, 0.5) is 13.2 Å². The van der Waals surface area contributed by atoms with Gasteiger partial charge in [0.1, 0.15) is 17.2 Å². The van der Waals surface area contributed by atoms with Crippen molar-refractivity contribution in [2.24, 2.45) is 5.92 Å². The summed E-state index contributed by atoms with van der Waals surface area (Å²) in [6, 6.07) is 10.5. The number of aliphatic hydroxyl groups is 1. The Morgan fingerprint density at radius 1 is 1.05 bits per heavy atom. The second kappa shape index (κ2) is 13.5. The lowest BCUT2D eigenvalue weighted by Crippen LogP contribution is -2.52. The average Bonchev–Trinajstić information content (AvgIpc) is 3.78. The highest BCUT2D eigenvalue weighted by molar-refractivity contribution is 7.88. The number of carbonyl (C=O) groups is 1. The van der Waals surface area contributed by atoms with Crippen molar-refractivity contribution in [3.8, 4) is 17.2 Å². The fraction of sp³-hybridized carbons (Fsp3) is 0.536. The third-order valence-corrected chi connectivity index (χ3v) is 8.15. The quantitative estimate of drug-likeness (QED) is 0.198. The van der Waals surface area contributed by atoms with E-state index in [0.717, 1.165) is 30.5 Å². The molecule has 3 atom stereocenters. The van der Waals surface area contributed by atoms with E-state index in [4.69, 9.17) is 14.2 Å². The Kier molecular flexibility index (Phi) is 10.2. The van der Waals surface area contributed by atoms with E-state index in [2.05, 4.69) is 9.50 Å². The standard InChI is InChI=1S/C28H35F3N2O8S/c1-38-9-4-10-40-23-12-18(11-22(14-23)39-2)17-33(20-7-8-20)27(35)24-15-32-16-25(34)26(24)19-5-3-6-21(13-19)41-42(36,37)28(29,30)31/h3,5-6,11-14,20,24-26,32,34H,4,7-10,15-17H2,1-2H3/t24-,25+,26+/m0/s1. The molecule has 0 radical (unpaired) electrons. The summed E-state index contributed by atoms with van der Waals surface area (Å²) in [6.45, 7) is 1.59. The Labute approximate surface area is 242 Å². The van der Waals surface area contributed by atoms with E-state index < -0.39 is 39.3 Å². The first kappa shape index (κ1) is 31.9. The summed E-state index contributed by atoms with van der Waals surface area (Å²) in [7, 11) is -2.74. The summed E-state index contributed by atoms with van der Waals surface area (Å²) in [4.78, 5) is 15.8. The van der Waals surface area contributed by atoms with E-state index in [1.54, 1.807) is 18.1 Å². The Morgan fingerprint density at radius 3 is 2.45 bits per heavy atom. The predicted molar refractivity (Wildman–Crippen MR) is 146 cm³/mol. The summed E-state index contributed by atoms with van der Waals surface area (Å²) >= 11 is 0. The van der Waals surface area contributed by atoms with Gasteiger partial charge in [0, 0.05) is 57.8 Å². The number of benzene rings is 2. The summed E-state index contributed by atoms with van der Waals surface area (Å²) in [5.74, 6) is -1.25. The number of nitrogens with one attached hydrogen (secondary N) is 1. The molecule has 1 saturated carbocycles. The van der Waals surface area contributed by atoms with Gasteiger partial charge in [0.15, 0.2) is 0 Å². The number of alkyl halides is 3. The predicted octanol–water partition coefficient (Wildman–Crippen LogP) is 3.19. The molecule has 2 aromatic rings. The van der Waals surface area contributed by atoms with E-state index in [1.807, 2.05) is 12.1 Å². The van der Waals surface area contributed by atoms with Gasteiger partial charge in [-0.3, -0.25) is 4.79 Å². The maximum Gasteiger partial charge on any atom is 0.534 e. The molecule has 2 aliphatic rings. The Balaban J connectivity index is 1.57. The maximum atomic E-state index is 14.1. The number of β-amino-alcohol motifs (C(OH)–C–C–N with tert-alkyl or cyclic N) is 1. The van der Waals surface area contributed by atoms with Crippen LogP contribution in [0.5, 0.6) is 17.2 Å². The van der Waals surface area contributed by atoms with Crippen molar-refractivity contribution in [1.29, 1.82) is 0 Å². The Bertz CT molecular complexity index is 1340. The topological polar surface area (TPSA) is 124 Å². The smallest absolute Gasteiger partial charge is 0.497 e. The van der Waals surface area contributed by atoms with Crippen LogP contribution in [0.15, 0.2) is 42.5 Å². The molecule has 0 unspecified atom stereocenters. The van der Waals surface area contributed by atoms with Crippen LogP contribution >= 0.6 is 0 Å². The van der Waals surface area contributed by atoms with Crippen molar-refractivity contribution in [2.45, 2.75) is 49.4 Å². The highest BCUT2D eigenvalue weighted by atomic mass is 32.2. The summed E-state index contributed by atoms with van der Waals surface area (Å²) in [5, 5.41) is 14.0. The first-order valence-corrected chi connectivity index (χ1v) is 14.9. The van der Waals surface area contributed by atoms with Gasteiger partial charge in [0.05, 0.1) is 25.7 Å². The summed E-state index contributed by atoms with van der Waals surface area (Å²) < 4.78 is 82.4. The van der Waals surface area contributed by atoms with Crippen molar-refractivity contribution in [2.75, 3.05) is 40.5 Å². The van der Waals surface area contributed by atoms with Crippen molar-refractivity contribution in [3.05, 3.63) is 53.6 Å². The van der Waals surface area contributed by atoms with E-state index in [9.17, 15) is 31.5 Å². The van der Waals surface area contributed by atoms with E-state index >= 15 is 0 Å². The van der Waals surface area contributed by atoms with Gasteiger partial charge < -0.3 is 33.7 Å². The fourth-order valence-electron chi connectivity index (χ4n) is 5.05. The van der Waals surface area contributed by atoms with Crippen LogP contribution in [0, 0.1) is 5.92 Å². The molecule has 1 saturated heterocycles. The summed E-state index contributed by atoms with van der Waals surface area (Å²) in [5.41, 5.74) is -4.53. The molecule has 1 amide bonds. The zero-order valence-electron chi connectivity index (χ0n) is 23.3. The molecule has 0 spiro atoms. The van der Waals surface area contributed by atoms with E-state index in [1.165, 1.54) is 19.2 Å². The number of hydrogen-bond donors (Lipinski definition) is 2. The number of nitrogens with zero attached hydrogens (tertiary/aromatic N) is 1. The molecule has 0 bridgehead atoms. The lowest BCUT2D eigenvalue weighted by atomic mass is 9.78. The maximum absolute atomic E-state index is 14.1. The van der Waals surface area contributed by atoms with Crippen molar-refractivity contribution in [1.82, 2.24) is 10.2 Å². The molecule has 2 aromatic carbocycles. The zero-order valence-corrected chi connectivity index (χ0v) is 24.1. The number of methoxy groups -OCH3 is 2. The van der Waals surface area contributed by atoms with Crippen LogP contribution in [0.1, 0.15) is 36.3 Å². The second-order valence-corrected chi connectivity index (χ2v) is 11.9. The molecule has 1 aliphatic carbocycles. The van der Waals surface area contributed by atoms with Crippen LogP contribution < -0.4 is 19.0 Å². The highest BCUT2D eigenvalue weighted by Crippen LogP contribution is 2.38. The molecule has 2 fully saturated rings. The number of aliphatic hydroxyl groups excluding tert-OH is 1. The lowest BCUT2D eigenvalue weighted by Gasteiger charge is -2.38. The molecule has 1 heterocycles.